The van der Waals surface area contributed by atoms with Crippen LogP contribution in [0.3, 0.4) is 0 Å². The molecule has 0 atom stereocenters. The van der Waals surface area contributed by atoms with Crippen LogP contribution in [-0.2, 0) is 20.6 Å². The zero-order chi connectivity index (χ0) is 10.9. The number of hydrogen-bond acceptors (Lipinski definition) is 6. The van der Waals surface area contributed by atoms with E-state index in [-0.39, 0.29) is 59.1 Å². The van der Waals surface area contributed by atoms with Crippen molar-refractivity contribution in [3.63, 3.8) is 0 Å². The topological polar surface area (TPSA) is 118 Å². The van der Waals surface area contributed by atoms with E-state index in [1.54, 1.807) is 0 Å². The predicted molar refractivity (Wildman–Crippen MR) is 40.9 cm³/mol. The van der Waals surface area contributed by atoms with Crippen molar-refractivity contribution in [2.45, 2.75) is 13.8 Å². The maximum atomic E-state index is 10.3. The second-order valence-corrected chi connectivity index (χ2v) is 5.59. The molecule has 0 bridgehead atoms. The first-order valence-corrected chi connectivity index (χ1v) is 5.97. The van der Waals surface area contributed by atoms with E-state index in [2.05, 4.69) is 0 Å². The molecule has 11 heteroatoms. The van der Waals surface area contributed by atoms with Crippen molar-refractivity contribution in [3.8, 4) is 0 Å². The summed E-state index contributed by atoms with van der Waals surface area (Å²) in [6.45, 7) is 2.32. The molecule has 0 N–H and O–H groups in total. The van der Waals surface area contributed by atoms with Gasteiger partial charge < -0.3 is 9.11 Å². The monoisotopic (exact) mass is 277 g/mol. The molecule has 0 amide bonds. The molecule has 0 saturated heterocycles. The maximum absolute atomic E-state index is 10.3. The van der Waals surface area contributed by atoms with Crippen LogP contribution in [-0.4, -0.2) is 36.2 Å². The SMILES string of the molecule is CC(C)CN(S(=O)(=O)[O-])S(=O)(=O)[O-].[Na+].[Na+]. The standard InChI is InChI=1S/C4H11NO6S2.2Na/c1-4(2)3-5(12(6,7)8)13(9,10)11;;/h4H,3H2,1-2H3,(H,6,7,8)(H,9,10,11);;/q;2*+1/p-2. The molecule has 0 aromatic carbocycles. The molecule has 7 nitrogen and oxygen atoms in total. The number of rotatable bonds is 4. The van der Waals surface area contributed by atoms with Gasteiger partial charge in [-0.05, 0) is 5.92 Å². The molecule has 0 aliphatic heterocycles. The molecule has 0 aliphatic rings. The smallest absolute Gasteiger partial charge is 0.735 e. The normalized spacial score (nSPS) is 12.1. The van der Waals surface area contributed by atoms with E-state index in [9.17, 15) is 25.9 Å². The second-order valence-electron chi connectivity index (χ2n) is 2.76. The minimum absolute atomic E-state index is 0. The van der Waals surface area contributed by atoms with Gasteiger partial charge in [0.1, 0.15) is 0 Å². The summed E-state index contributed by atoms with van der Waals surface area (Å²) in [5.41, 5.74) is 0. The summed E-state index contributed by atoms with van der Waals surface area (Å²) in [4.78, 5) is 0. The third-order valence-corrected chi connectivity index (χ3v) is 3.40. The van der Waals surface area contributed by atoms with Crippen molar-refractivity contribution in [2.24, 2.45) is 5.92 Å². The van der Waals surface area contributed by atoms with Gasteiger partial charge in [0.2, 0.25) is 0 Å². The van der Waals surface area contributed by atoms with Gasteiger partial charge in [0.15, 0.2) is 20.6 Å². The van der Waals surface area contributed by atoms with Crippen LogP contribution in [0.5, 0.6) is 0 Å². The molecular formula is C4H9NNa2O6S2. The van der Waals surface area contributed by atoms with Gasteiger partial charge in [-0.25, -0.2) is 16.8 Å². The van der Waals surface area contributed by atoms with Crippen LogP contribution in [0.15, 0.2) is 0 Å². The van der Waals surface area contributed by atoms with Crippen molar-refractivity contribution in [1.29, 1.82) is 0 Å². The fourth-order valence-electron chi connectivity index (χ4n) is 0.593. The van der Waals surface area contributed by atoms with Gasteiger partial charge in [0.25, 0.3) is 0 Å². The predicted octanol–water partition coefficient (Wildman–Crippen LogP) is -7.13. The largest absolute Gasteiger partial charge is 1.00 e. The van der Waals surface area contributed by atoms with Crippen LogP contribution in [0.2, 0.25) is 0 Å². The third-order valence-electron chi connectivity index (χ3n) is 1.01. The molecule has 0 aromatic heterocycles. The molecule has 0 rings (SSSR count). The van der Waals surface area contributed by atoms with Gasteiger partial charge in [-0.3, -0.25) is 0 Å². The summed E-state index contributed by atoms with van der Waals surface area (Å²) >= 11 is 0. The Balaban J connectivity index is -0.000000720. The molecule has 80 valence electrons. The number of nitrogens with zero attached hydrogens (tertiary/aromatic N) is 1. The third kappa shape index (κ3) is 9.48. The molecule has 0 heterocycles. The van der Waals surface area contributed by atoms with Gasteiger partial charge in [-0.1, -0.05) is 13.8 Å². The quantitative estimate of drug-likeness (QED) is 0.372. The Kier molecular flexibility index (Phi) is 11.7. The zero-order valence-electron chi connectivity index (χ0n) is 9.00. The van der Waals surface area contributed by atoms with Crippen molar-refractivity contribution < 1.29 is 85.1 Å². The summed E-state index contributed by atoms with van der Waals surface area (Å²) in [7, 11) is -10.5. The summed E-state index contributed by atoms with van der Waals surface area (Å²) < 4.78 is 61.2. The average molecular weight is 277 g/mol. The Morgan fingerprint density at radius 2 is 1.27 bits per heavy atom. The minimum Gasteiger partial charge on any atom is -0.735 e. The Morgan fingerprint density at radius 1 is 1.00 bits per heavy atom. The van der Waals surface area contributed by atoms with Crippen molar-refractivity contribution in [3.05, 3.63) is 0 Å². The first-order valence-electron chi connectivity index (χ1n) is 3.24. The van der Waals surface area contributed by atoms with Crippen LogP contribution in [0.25, 0.3) is 0 Å². The number of hydrogen-bond donors (Lipinski definition) is 0. The second kappa shape index (κ2) is 7.98. The summed E-state index contributed by atoms with van der Waals surface area (Å²) in [6, 6.07) is 0. The molecule has 0 saturated carbocycles. The van der Waals surface area contributed by atoms with E-state index >= 15 is 0 Å². The van der Waals surface area contributed by atoms with Crippen LogP contribution < -0.4 is 59.1 Å². The van der Waals surface area contributed by atoms with Crippen molar-refractivity contribution in [2.75, 3.05) is 6.54 Å². The van der Waals surface area contributed by atoms with E-state index in [1.165, 1.54) is 13.8 Å². The first kappa shape index (κ1) is 22.0. The Bertz CT molecular complexity index is 331. The van der Waals surface area contributed by atoms with E-state index in [4.69, 9.17) is 0 Å². The molecule has 0 aromatic rings. The molecule has 0 radical (unpaired) electrons. The van der Waals surface area contributed by atoms with E-state index in [0.717, 1.165) is 0 Å². The van der Waals surface area contributed by atoms with Crippen LogP contribution in [0.1, 0.15) is 13.8 Å². The summed E-state index contributed by atoms with van der Waals surface area (Å²) in [5, 5.41) is 0. The summed E-state index contributed by atoms with van der Waals surface area (Å²) in [5.74, 6) is -0.424. The first-order chi connectivity index (χ1) is 5.55. The average Bonchev–Trinajstić information content (AvgIpc) is 1.77. The zero-order valence-corrected chi connectivity index (χ0v) is 14.6. The fourth-order valence-corrected chi connectivity index (χ4v) is 2.45. The van der Waals surface area contributed by atoms with Gasteiger partial charge in [-0.2, -0.15) is 0 Å². The molecule has 0 aliphatic carbocycles. The van der Waals surface area contributed by atoms with E-state index in [0.29, 0.717) is 0 Å². The van der Waals surface area contributed by atoms with Gasteiger partial charge in [0.05, 0.1) is 0 Å². The minimum atomic E-state index is -5.23. The molecular weight excluding hydrogens is 268 g/mol. The maximum Gasteiger partial charge on any atom is 1.00 e. The fraction of sp³-hybridized carbons (Fsp3) is 1.00. The van der Waals surface area contributed by atoms with Gasteiger partial charge in [0, 0.05) is 6.54 Å². The van der Waals surface area contributed by atoms with Gasteiger partial charge >= 0.3 is 59.1 Å². The molecule has 0 fully saturated rings. The van der Waals surface area contributed by atoms with Crippen LogP contribution >= 0.6 is 0 Å². The molecule has 0 unspecified atom stereocenters. The summed E-state index contributed by atoms with van der Waals surface area (Å²) in [6.07, 6.45) is 0. The Morgan fingerprint density at radius 3 is 1.33 bits per heavy atom. The Labute approximate surface area is 134 Å². The Hall–Kier alpha value is 1.78. The van der Waals surface area contributed by atoms with Crippen LogP contribution in [0, 0.1) is 5.92 Å². The van der Waals surface area contributed by atoms with Crippen LogP contribution in [0.4, 0.5) is 0 Å². The van der Waals surface area contributed by atoms with E-state index in [1.807, 2.05) is 0 Å². The molecule has 15 heavy (non-hydrogen) atoms. The molecule has 0 spiro atoms. The van der Waals surface area contributed by atoms with Crippen molar-refractivity contribution >= 4 is 20.6 Å². The van der Waals surface area contributed by atoms with Crippen molar-refractivity contribution in [1.82, 2.24) is 3.71 Å². The van der Waals surface area contributed by atoms with Gasteiger partial charge in [-0.15, -0.1) is 3.71 Å². The van der Waals surface area contributed by atoms with E-state index < -0.39 is 36.8 Å².